The Morgan fingerprint density at radius 3 is 2.62 bits per heavy atom. The summed E-state index contributed by atoms with van der Waals surface area (Å²) in [5, 5.41) is 0. The fourth-order valence-electron chi connectivity index (χ4n) is 0.740. The first kappa shape index (κ1) is 12.2. The summed E-state index contributed by atoms with van der Waals surface area (Å²) in [6, 6.07) is 0. The van der Waals surface area contributed by atoms with Crippen LogP contribution in [0.15, 0.2) is 4.99 Å². The number of nitrogens with two attached hydrogens (primary N) is 1. The highest BCUT2D eigenvalue weighted by atomic mass is 16.5. The van der Waals surface area contributed by atoms with E-state index in [0.29, 0.717) is 18.5 Å². The third kappa shape index (κ3) is 6.40. The maximum Gasteiger partial charge on any atom is 0.191 e. The third-order valence-corrected chi connectivity index (χ3v) is 1.64. The average Bonchev–Trinajstić information content (AvgIpc) is 2.10. The summed E-state index contributed by atoms with van der Waals surface area (Å²) in [5.74, 6) is 1.14. The van der Waals surface area contributed by atoms with E-state index in [0.717, 1.165) is 13.1 Å². The highest BCUT2D eigenvalue weighted by Gasteiger charge is 2.00. The molecule has 0 aromatic carbocycles. The summed E-state index contributed by atoms with van der Waals surface area (Å²) < 4.78 is 4.94. The second kappa shape index (κ2) is 6.71. The molecule has 0 fully saturated rings. The van der Waals surface area contributed by atoms with E-state index in [9.17, 15) is 0 Å². The first-order valence-electron chi connectivity index (χ1n) is 4.58. The Labute approximate surface area is 80.8 Å². The molecule has 78 valence electrons. The maximum absolute atomic E-state index is 5.73. The maximum atomic E-state index is 5.73. The minimum absolute atomic E-state index is 0.550. The Hall–Kier alpha value is -0.770. The van der Waals surface area contributed by atoms with Crippen molar-refractivity contribution in [2.24, 2.45) is 16.6 Å². The Morgan fingerprint density at radius 1 is 1.54 bits per heavy atom. The number of hydrogen-bond acceptors (Lipinski definition) is 2. The Kier molecular flexibility index (Phi) is 6.32. The molecule has 4 heteroatoms. The van der Waals surface area contributed by atoms with Gasteiger partial charge in [0.15, 0.2) is 5.96 Å². The fourth-order valence-corrected chi connectivity index (χ4v) is 0.740. The van der Waals surface area contributed by atoms with E-state index in [1.807, 2.05) is 11.9 Å². The molecule has 0 aromatic heterocycles. The van der Waals surface area contributed by atoms with E-state index in [1.165, 1.54) is 0 Å². The SMILES string of the molecule is COCCN(C)C(N)=NCC(C)C. The molecule has 13 heavy (non-hydrogen) atoms. The smallest absolute Gasteiger partial charge is 0.191 e. The van der Waals surface area contributed by atoms with Crippen molar-refractivity contribution in [2.75, 3.05) is 33.9 Å². The van der Waals surface area contributed by atoms with E-state index in [-0.39, 0.29) is 0 Å². The van der Waals surface area contributed by atoms with Crippen LogP contribution in [0.2, 0.25) is 0 Å². The summed E-state index contributed by atoms with van der Waals surface area (Å²) in [5.41, 5.74) is 5.73. The number of rotatable bonds is 5. The lowest BCUT2D eigenvalue weighted by Gasteiger charge is -2.17. The van der Waals surface area contributed by atoms with Gasteiger partial charge in [0.1, 0.15) is 0 Å². The molecule has 0 unspecified atom stereocenters. The van der Waals surface area contributed by atoms with Crippen LogP contribution >= 0.6 is 0 Å². The number of nitrogens with zero attached hydrogens (tertiary/aromatic N) is 2. The number of ether oxygens (including phenoxy) is 1. The van der Waals surface area contributed by atoms with E-state index >= 15 is 0 Å². The van der Waals surface area contributed by atoms with Crippen LogP contribution in [0.5, 0.6) is 0 Å². The molecule has 0 rings (SSSR count). The highest BCUT2D eigenvalue weighted by molar-refractivity contribution is 5.77. The number of hydrogen-bond donors (Lipinski definition) is 1. The zero-order chi connectivity index (χ0) is 10.3. The normalized spacial score (nSPS) is 12.2. The van der Waals surface area contributed by atoms with Gasteiger partial charge in [-0.2, -0.15) is 0 Å². The number of likely N-dealkylation sites (N-methyl/N-ethyl adjacent to an activating group) is 1. The monoisotopic (exact) mass is 187 g/mol. The van der Waals surface area contributed by atoms with Gasteiger partial charge in [-0.25, -0.2) is 0 Å². The molecule has 0 amide bonds. The van der Waals surface area contributed by atoms with Crippen molar-refractivity contribution in [1.82, 2.24) is 4.90 Å². The molecule has 0 radical (unpaired) electrons. The molecule has 0 saturated carbocycles. The van der Waals surface area contributed by atoms with Crippen LogP contribution in [0.3, 0.4) is 0 Å². The Morgan fingerprint density at radius 2 is 2.15 bits per heavy atom. The van der Waals surface area contributed by atoms with Crippen LogP contribution < -0.4 is 5.73 Å². The van der Waals surface area contributed by atoms with Gasteiger partial charge in [0, 0.05) is 27.2 Å². The second-order valence-corrected chi connectivity index (χ2v) is 3.51. The molecule has 2 N–H and O–H groups in total. The first-order valence-corrected chi connectivity index (χ1v) is 4.58. The molecular formula is C9H21N3O. The van der Waals surface area contributed by atoms with Crippen molar-refractivity contribution in [2.45, 2.75) is 13.8 Å². The van der Waals surface area contributed by atoms with Crippen molar-refractivity contribution in [1.29, 1.82) is 0 Å². The largest absolute Gasteiger partial charge is 0.383 e. The van der Waals surface area contributed by atoms with Gasteiger partial charge in [-0.05, 0) is 5.92 Å². The molecule has 4 nitrogen and oxygen atoms in total. The summed E-state index contributed by atoms with van der Waals surface area (Å²) in [7, 11) is 3.59. The zero-order valence-corrected chi connectivity index (χ0v) is 9.08. The molecule has 0 bridgehead atoms. The van der Waals surface area contributed by atoms with E-state index in [2.05, 4.69) is 18.8 Å². The van der Waals surface area contributed by atoms with E-state index in [1.54, 1.807) is 7.11 Å². The Balaban J connectivity index is 3.79. The van der Waals surface area contributed by atoms with Gasteiger partial charge in [0.05, 0.1) is 6.61 Å². The Bertz CT molecular complexity index is 157. The van der Waals surface area contributed by atoms with Gasteiger partial charge in [-0.1, -0.05) is 13.8 Å². The number of methoxy groups -OCH3 is 1. The van der Waals surface area contributed by atoms with Gasteiger partial charge < -0.3 is 15.4 Å². The molecule has 0 saturated heterocycles. The quantitative estimate of drug-likeness (QED) is 0.505. The van der Waals surface area contributed by atoms with Crippen molar-refractivity contribution in [3.8, 4) is 0 Å². The zero-order valence-electron chi connectivity index (χ0n) is 9.08. The van der Waals surface area contributed by atoms with Crippen LogP contribution in [0.1, 0.15) is 13.8 Å². The van der Waals surface area contributed by atoms with Crippen molar-refractivity contribution in [3.63, 3.8) is 0 Å². The molecule has 0 aromatic rings. The molecular weight excluding hydrogens is 166 g/mol. The van der Waals surface area contributed by atoms with Crippen LogP contribution in [0.25, 0.3) is 0 Å². The molecule has 0 aliphatic heterocycles. The van der Waals surface area contributed by atoms with Crippen LogP contribution in [0.4, 0.5) is 0 Å². The van der Waals surface area contributed by atoms with Gasteiger partial charge in [0.25, 0.3) is 0 Å². The fraction of sp³-hybridized carbons (Fsp3) is 0.889. The molecule has 0 spiro atoms. The van der Waals surface area contributed by atoms with Crippen molar-refractivity contribution >= 4 is 5.96 Å². The van der Waals surface area contributed by atoms with Gasteiger partial charge >= 0.3 is 0 Å². The van der Waals surface area contributed by atoms with Gasteiger partial charge in [-0.3, -0.25) is 4.99 Å². The van der Waals surface area contributed by atoms with Crippen LogP contribution in [-0.4, -0.2) is 44.7 Å². The van der Waals surface area contributed by atoms with E-state index in [4.69, 9.17) is 10.5 Å². The molecule has 0 aliphatic rings. The summed E-state index contributed by atoms with van der Waals surface area (Å²) in [4.78, 5) is 6.14. The minimum atomic E-state index is 0.550. The van der Waals surface area contributed by atoms with E-state index < -0.39 is 0 Å². The molecule has 0 heterocycles. The summed E-state index contributed by atoms with van der Waals surface area (Å²) in [6.07, 6.45) is 0. The predicted octanol–water partition coefficient (Wildman–Crippen LogP) is 0.535. The van der Waals surface area contributed by atoms with Crippen LogP contribution in [0, 0.1) is 5.92 Å². The standard InChI is InChI=1S/C9H21N3O/c1-8(2)7-11-9(10)12(3)5-6-13-4/h8H,5-7H2,1-4H3,(H2,10,11). The average molecular weight is 187 g/mol. The lowest BCUT2D eigenvalue weighted by molar-refractivity contribution is 0.182. The third-order valence-electron chi connectivity index (χ3n) is 1.64. The van der Waals surface area contributed by atoms with Gasteiger partial charge in [0.2, 0.25) is 0 Å². The summed E-state index contributed by atoms with van der Waals surface area (Å²) >= 11 is 0. The molecule has 0 aliphatic carbocycles. The van der Waals surface area contributed by atoms with Crippen molar-refractivity contribution in [3.05, 3.63) is 0 Å². The number of aliphatic imine (C=N–C) groups is 1. The summed E-state index contributed by atoms with van der Waals surface area (Å²) in [6.45, 7) is 6.47. The minimum Gasteiger partial charge on any atom is -0.383 e. The highest BCUT2D eigenvalue weighted by Crippen LogP contribution is 1.92. The number of guanidine groups is 1. The first-order chi connectivity index (χ1) is 6.07. The van der Waals surface area contributed by atoms with Crippen molar-refractivity contribution < 1.29 is 4.74 Å². The molecule has 0 atom stereocenters. The predicted molar refractivity (Wildman–Crippen MR) is 55.8 cm³/mol. The lowest BCUT2D eigenvalue weighted by atomic mass is 10.2. The van der Waals surface area contributed by atoms with Crippen LogP contribution in [-0.2, 0) is 4.74 Å². The topological polar surface area (TPSA) is 50.9 Å². The van der Waals surface area contributed by atoms with Gasteiger partial charge in [-0.15, -0.1) is 0 Å². The second-order valence-electron chi connectivity index (χ2n) is 3.51. The lowest BCUT2D eigenvalue weighted by Crippen LogP contribution is -2.36.